The van der Waals surface area contributed by atoms with Crippen molar-refractivity contribution in [3.8, 4) is 0 Å². The van der Waals surface area contributed by atoms with E-state index in [4.69, 9.17) is 23.7 Å². The van der Waals surface area contributed by atoms with Crippen LogP contribution in [0.1, 0.15) is 38.9 Å². The second-order valence-corrected chi connectivity index (χ2v) is 6.61. The highest BCUT2D eigenvalue weighted by molar-refractivity contribution is 5.76. The molecule has 1 saturated heterocycles. The van der Waals surface area contributed by atoms with Gasteiger partial charge in [-0.05, 0) is 5.56 Å². The molecule has 10 heteroatoms. The Balaban J connectivity index is 2.16. The van der Waals surface area contributed by atoms with Crippen molar-refractivity contribution in [2.24, 2.45) is 0 Å². The van der Waals surface area contributed by atoms with Crippen LogP contribution < -0.4 is 0 Å². The van der Waals surface area contributed by atoms with Crippen molar-refractivity contribution >= 4 is 23.9 Å². The molecule has 1 aromatic carbocycles. The number of aliphatic hydroxyl groups is 1. The Labute approximate surface area is 173 Å². The number of hydrogen-bond acceptors (Lipinski definition) is 10. The Morgan fingerprint density at radius 2 is 1.63 bits per heavy atom. The molecular weight excluding hydrogens is 400 g/mol. The maximum atomic E-state index is 12.3. The number of hydrogen-bond donors (Lipinski definition) is 1. The zero-order chi connectivity index (χ0) is 22.3. The van der Waals surface area contributed by atoms with Crippen molar-refractivity contribution in [3.63, 3.8) is 0 Å². The highest BCUT2D eigenvalue weighted by Crippen LogP contribution is 2.28. The van der Waals surface area contributed by atoms with Crippen LogP contribution in [0.5, 0.6) is 0 Å². The van der Waals surface area contributed by atoms with Gasteiger partial charge in [-0.1, -0.05) is 30.3 Å². The van der Waals surface area contributed by atoms with Gasteiger partial charge in [0.15, 0.2) is 12.2 Å². The highest BCUT2D eigenvalue weighted by atomic mass is 16.7. The Bertz CT molecular complexity index is 762. The molecule has 2 rings (SSSR count). The van der Waals surface area contributed by atoms with Gasteiger partial charge in [-0.25, -0.2) is 4.79 Å². The van der Waals surface area contributed by atoms with Crippen LogP contribution in [0.2, 0.25) is 0 Å². The van der Waals surface area contributed by atoms with Gasteiger partial charge in [-0.2, -0.15) is 0 Å². The van der Waals surface area contributed by atoms with Gasteiger partial charge in [0, 0.05) is 20.8 Å². The minimum Gasteiger partial charge on any atom is -0.463 e. The minimum absolute atomic E-state index is 0.151. The zero-order valence-electron chi connectivity index (χ0n) is 16.8. The summed E-state index contributed by atoms with van der Waals surface area (Å²) in [5, 5.41) is 10.2. The molecule has 164 valence electrons. The van der Waals surface area contributed by atoms with E-state index < -0.39 is 54.6 Å². The normalized spacial score (nSPS) is 24.3. The number of carbonyl (C=O) groups excluding carboxylic acids is 4. The van der Waals surface area contributed by atoms with E-state index in [0.717, 1.165) is 6.92 Å². The molecule has 30 heavy (non-hydrogen) atoms. The van der Waals surface area contributed by atoms with Crippen molar-refractivity contribution in [2.45, 2.75) is 57.9 Å². The summed E-state index contributed by atoms with van der Waals surface area (Å²) in [5.41, 5.74) is 0.323. The molecule has 0 bridgehead atoms. The SMILES string of the molecule is CC(=O)OC[C@H]1O[C@@H](OC(=O)C(O)c2ccccc2)C[C@@H](OC(C)=O)[C@@H]1OC(C)=O. The van der Waals surface area contributed by atoms with Crippen LogP contribution in [0.4, 0.5) is 0 Å². The number of esters is 4. The second-order valence-electron chi connectivity index (χ2n) is 6.61. The van der Waals surface area contributed by atoms with Gasteiger partial charge in [0.2, 0.25) is 6.29 Å². The van der Waals surface area contributed by atoms with Gasteiger partial charge >= 0.3 is 23.9 Å². The predicted octanol–water partition coefficient (Wildman–Crippen LogP) is 0.805. The summed E-state index contributed by atoms with van der Waals surface area (Å²) in [7, 11) is 0. The van der Waals surface area contributed by atoms with Crippen LogP contribution in [-0.4, -0.2) is 60.2 Å². The summed E-state index contributed by atoms with van der Waals surface area (Å²) in [5.74, 6) is -2.91. The Morgan fingerprint density at radius 1 is 1.00 bits per heavy atom. The monoisotopic (exact) mass is 424 g/mol. The molecule has 1 fully saturated rings. The van der Waals surface area contributed by atoms with Gasteiger partial charge in [0.05, 0.1) is 6.42 Å². The fourth-order valence-electron chi connectivity index (χ4n) is 2.94. The van der Waals surface area contributed by atoms with Crippen LogP contribution in [0, 0.1) is 0 Å². The molecular formula is C20H24O10. The van der Waals surface area contributed by atoms with Crippen molar-refractivity contribution < 1.29 is 48.0 Å². The number of aliphatic hydroxyl groups excluding tert-OH is 1. The smallest absolute Gasteiger partial charge is 0.341 e. The van der Waals surface area contributed by atoms with Crippen molar-refractivity contribution in [1.82, 2.24) is 0 Å². The number of benzene rings is 1. The van der Waals surface area contributed by atoms with Crippen LogP contribution in [0.15, 0.2) is 30.3 Å². The van der Waals surface area contributed by atoms with Crippen LogP contribution in [-0.2, 0) is 42.9 Å². The molecule has 1 unspecified atom stereocenters. The molecule has 0 radical (unpaired) electrons. The van der Waals surface area contributed by atoms with Crippen LogP contribution in [0.25, 0.3) is 0 Å². The van der Waals surface area contributed by atoms with E-state index in [0.29, 0.717) is 5.56 Å². The van der Waals surface area contributed by atoms with Crippen molar-refractivity contribution in [3.05, 3.63) is 35.9 Å². The van der Waals surface area contributed by atoms with Crippen LogP contribution >= 0.6 is 0 Å². The van der Waals surface area contributed by atoms with E-state index in [1.165, 1.54) is 13.8 Å². The fraction of sp³-hybridized carbons (Fsp3) is 0.500. The molecule has 0 spiro atoms. The third kappa shape index (κ3) is 6.82. The Morgan fingerprint density at radius 3 is 2.20 bits per heavy atom. The molecule has 0 saturated carbocycles. The zero-order valence-corrected chi connectivity index (χ0v) is 16.8. The number of carbonyl (C=O) groups is 4. The van der Waals surface area contributed by atoms with Crippen molar-refractivity contribution in [1.29, 1.82) is 0 Å². The number of rotatable bonds is 7. The van der Waals surface area contributed by atoms with Gasteiger partial charge in [-0.15, -0.1) is 0 Å². The quantitative estimate of drug-likeness (QED) is 0.495. The van der Waals surface area contributed by atoms with E-state index in [1.807, 2.05) is 0 Å². The molecule has 5 atom stereocenters. The average molecular weight is 424 g/mol. The summed E-state index contributed by atoms with van der Waals surface area (Å²) in [6.07, 6.45) is -6.12. The first-order valence-corrected chi connectivity index (χ1v) is 9.24. The predicted molar refractivity (Wildman–Crippen MR) is 98.5 cm³/mol. The molecule has 0 aromatic heterocycles. The Hall–Kier alpha value is -2.98. The van der Waals surface area contributed by atoms with E-state index >= 15 is 0 Å². The van der Waals surface area contributed by atoms with Crippen molar-refractivity contribution in [2.75, 3.05) is 6.61 Å². The van der Waals surface area contributed by atoms with E-state index in [9.17, 15) is 24.3 Å². The maximum absolute atomic E-state index is 12.3. The lowest BCUT2D eigenvalue weighted by atomic mass is 10.0. The van der Waals surface area contributed by atoms with E-state index in [-0.39, 0.29) is 13.0 Å². The largest absolute Gasteiger partial charge is 0.463 e. The number of ether oxygens (including phenoxy) is 5. The summed E-state index contributed by atoms with van der Waals surface area (Å²) in [4.78, 5) is 46.5. The lowest BCUT2D eigenvalue weighted by Crippen LogP contribution is -2.54. The van der Waals surface area contributed by atoms with Gasteiger partial charge in [0.1, 0.15) is 18.8 Å². The summed E-state index contributed by atoms with van der Waals surface area (Å²) >= 11 is 0. The molecule has 1 heterocycles. The average Bonchev–Trinajstić information content (AvgIpc) is 2.67. The van der Waals surface area contributed by atoms with E-state index in [1.54, 1.807) is 30.3 Å². The molecule has 0 amide bonds. The summed E-state index contributed by atoms with van der Waals surface area (Å²) in [6, 6.07) is 8.13. The molecule has 1 aliphatic heterocycles. The maximum Gasteiger partial charge on any atom is 0.341 e. The Kier molecular flexibility index (Phi) is 8.31. The highest BCUT2D eigenvalue weighted by Gasteiger charge is 2.45. The topological polar surface area (TPSA) is 135 Å². The lowest BCUT2D eigenvalue weighted by Gasteiger charge is -2.39. The first kappa shape index (κ1) is 23.3. The standard InChI is InChI=1S/C20H24O10/c1-11(21)26-10-16-19(28-13(3)23)15(27-12(2)22)9-17(29-16)30-20(25)18(24)14-7-5-4-6-8-14/h4-8,15-19,24H,9-10H2,1-3H3/t15-,16-,17+,18?,19+/m1/s1. The first-order valence-electron chi connectivity index (χ1n) is 9.24. The first-order chi connectivity index (χ1) is 14.2. The second kappa shape index (κ2) is 10.7. The van der Waals surface area contributed by atoms with Gasteiger partial charge in [0.25, 0.3) is 0 Å². The lowest BCUT2D eigenvalue weighted by molar-refractivity contribution is -0.263. The molecule has 1 aliphatic rings. The van der Waals surface area contributed by atoms with E-state index in [2.05, 4.69) is 0 Å². The molecule has 1 N–H and O–H groups in total. The fourth-order valence-corrected chi connectivity index (χ4v) is 2.94. The van der Waals surface area contributed by atoms with Gasteiger partial charge in [-0.3, -0.25) is 14.4 Å². The summed E-state index contributed by atoms with van der Waals surface area (Å²) < 4.78 is 26.2. The van der Waals surface area contributed by atoms with Crippen LogP contribution in [0.3, 0.4) is 0 Å². The third-order valence-electron chi connectivity index (χ3n) is 4.14. The molecule has 0 aliphatic carbocycles. The van der Waals surface area contributed by atoms with Gasteiger partial charge < -0.3 is 28.8 Å². The molecule has 1 aromatic rings. The summed E-state index contributed by atoms with van der Waals surface area (Å²) in [6.45, 7) is 3.18. The third-order valence-corrected chi connectivity index (χ3v) is 4.14. The molecule has 10 nitrogen and oxygen atoms in total. The minimum atomic E-state index is -1.56.